The third kappa shape index (κ3) is 5.45. The molecule has 6 heteroatoms. The first-order valence-corrected chi connectivity index (χ1v) is 23.3. The lowest BCUT2D eigenvalue weighted by atomic mass is 9.75. The zero-order valence-electron chi connectivity index (χ0n) is 36.2. The fourth-order valence-corrected chi connectivity index (χ4v) is 11.7. The number of Topliss-reactive ketones (excluding diaryl/α,β-unsaturated/α-hetero) is 1. The minimum Gasteiger partial charge on any atom is -0.489 e. The lowest BCUT2D eigenvalue weighted by Crippen LogP contribution is -2.39. The predicted molar refractivity (Wildman–Crippen MR) is 264 cm³/mol. The summed E-state index contributed by atoms with van der Waals surface area (Å²) in [6.07, 6.45) is 8.39. The maximum atomic E-state index is 14.7. The average Bonchev–Trinajstić information content (AvgIpc) is 3.72. The van der Waals surface area contributed by atoms with Crippen molar-refractivity contribution in [1.29, 1.82) is 0 Å². The molecule has 3 aliphatic carbocycles. The molecule has 2 aromatic heterocycles. The molecule has 0 saturated heterocycles. The maximum absolute atomic E-state index is 14.7. The van der Waals surface area contributed by atoms with Crippen molar-refractivity contribution in [1.82, 2.24) is 14.1 Å². The lowest BCUT2D eigenvalue weighted by Gasteiger charge is -2.38. The van der Waals surface area contributed by atoms with Crippen LogP contribution in [0.2, 0.25) is 0 Å². The molecule has 1 fully saturated rings. The first kappa shape index (κ1) is 37.3. The van der Waals surface area contributed by atoms with Crippen molar-refractivity contribution in [2.24, 2.45) is 5.92 Å². The summed E-state index contributed by atoms with van der Waals surface area (Å²) in [5.74, 6) is 0.872. The molecule has 14 rings (SSSR count). The first-order chi connectivity index (χ1) is 32.7. The van der Waals surface area contributed by atoms with Gasteiger partial charge in [0.25, 0.3) is 0 Å². The Morgan fingerprint density at radius 2 is 1.32 bits per heavy atom. The van der Waals surface area contributed by atoms with Crippen molar-refractivity contribution in [3.05, 3.63) is 226 Å². The fraction of sp³-hybridized carbons (Fsp3) is 0.117. The summed E-state index contributed by atoms with van der Waals surface area (Å²) in [4.78, 5) is 22.4. The number of benzene rings is 7. The summed E-state index contributed by atoms with van der Waals surface area (Å²) in [5.41, 5.74) is 14.7. The number of ketones is 1. The topological polar surface area (TPSA) is 50.4 Å². The number of nitrogens with zero attached hydrogens (tertiary/aromatic N) is 4. The Morgan fingerprint density at radius 1 is 0.591 bits per heavy atom. The van der Waals surface area contributed by atoms with E-state index < -0.39 is 0 Å². The highest BCUT2D eigenvalue weighted by Crippen LogP contribution is 2.47. The van der Waals surface area contributed by atoms with E-state index in [1.165, 1.54) is 10.8 Å². The number of para-hydroxylation sites is 6. The molecule has 0 N–H and O–H groups in total. The van der Waals surface area contributed by atoms with E-state index in [1.54, 1.807) is 0 Å². The maximum Gasteiger partial charge on any atom is 0.236 e. The second-order valence-electron chi connectivity index (χ2n) is 18.2. The summed E-state index contributed by atoms with van der Waals surface area (Å²) in [7, 11) is 0. The van der Waals surface area contributed by atoms with E-state index in [9.17, 15) is 4.79 Å². The Bertz CT molecular complexity index is 3810. The van der Waals surface area contributed by atoms with Crippen molar-refractivity contribution >= 4 is 67.2 Å². The molecule has 2 atom stereocenters. The molecule has 0 amide bonds. The van der Waals surface area contributed by atoms with Gasteiger partial charge in [-0.05, 0) is 107 Å². The largest absolute Gasteiger partial charge is 0.489 e. The van der Waals surface area contributed by atoms with Crippen LogP contribution in [0.25, 0.3) is 49.8 Å². The number of hydrogen-bond donors (Lipinski definition) is 0. The van der Waals surface area contributed by atoms with Crippen LogP contribution in [0.5, 0.6) is 0 Å². The number of carbonyl (C=O) groups is 1. The molecule has 2 unspecified atom stereocenters. The molecule has 2 aliphatic heterocycles. The lowest BCUT2D eigenvalue weighted by molar-refractivity contribution is -0.127. The van der Waals surface area contributed by atoms with Gasteiger partial charge in [0.15, 0.2) is 5.78 Å². The minimum atomic E-state index is -0.0953. The molecule has 9 aromatic rings. The summed E-state index contributed by atoms with van der Waals surface area (Å²) in [6, 6.07) is 63.5. The van der Waals surface area contributed by atoms with Crippen molar-refractivity contribution in [3.63, 3.8) is 0 Å². The van der Waals surface area contributed by atoms with Crippen LogP contribution in [0.4, 0.5) is 28.4 Å². The van der Waals surface area contributed by atoms with E-state index >= 15 is 0 Å². The van der Waals surface area contributed by atoms with Crippen molar-refractivity contribution in [3.8, 4) is 16.8 Å². The van der Waals surface area contributed by atoms with Gasteiger partial charge in [-0.3, -0.25) is 14.7 Å². The number of allylic oxidation sites excluding steroid dienone is 3. The molecule has 4 heterocycles. The molecule has 314 valence electrons. The first-order valence-electron chi connectivity index (χ1n) is 23.3. The molecular weight excluding hydrogens is 809 g/mol. The van der Waals surface area contributed by atoms with Crippen LogP contribution in [0.15, 0.2) is 200 Å². The van der Waals surface area contributed by atoms with E-state index in [2.05, 4.69) is 196 Å². The monoisotopic (exact) mass is 851 g/mol. The van der Waals surface area contributed by atoms with Gasteiger partial charge in [-0.25, -0.2) is 0 Å². The molecular formula is C60H43N4O2+. The second kappa shape index (κ2) is 14.5. The SMILES string of the molecule is O=C1C2=C(C=C3C(=c4cc(-n5c6ccccc6c6ccccc65)ccc4=c4cc5c(cc4-c4cccnc43)=[N+](c3ccccc3)c3ccccc3N5c3ccccc3)C2)OC2CCCCC12. The number of fused-ring (bicyclic) bond motifs is 12. The van der Waals surface area contributed by atoms with E-state index in [0.29, 0.717) is 6.42 Å². The van der Waals surface area contributed by atoms with Gasteiger partial charge in [-0.1, -0.05) is 103 Å². The smallest absolute Gasteiger partial charge is 0.236 e. The molecule has 1 saturated carbocycles. The number of hydrogen-bond acceptors (Lipinski definition) is 4. The fourth-order valence-electron chi connectivity index (χ4n) is 11.7. The van der Waals surface area contributed by atoms with Crippen LogP contribution in [0, 0.1) is 16.4 Å². The predicted octanol–water partition coefficient (Wildman–Crippen LogP) is 12.4. The summed E-state index contributed by atoms with van der Waals surface area (Å²) < 4.78 is 11.7. The third-order valence-corrected chi connectivity index (χ3v) is 14.7. The highest BCUT2D eigenvalue weighted by molar-refractivity contribution is 6.11. The van der Waals surface area contributed by atoms with Crippen LogP contribution < -0.4 is 20.1 Å². The normalized spacial score (nSPS) is 18.1. The van der Waals surface area contributed by atoms with Gasteiger partial charge in [0, 0.05) is 75.7 Å². The van der Waals surface area contributed by atoms with Crippen LogP contribution in [0.1, 0.15) is 37.8 Å². The Hall–Kier alpha value is -8.09. The Balaban J connectivity index is 1.17. The number of rotatable bonds is 3. The molecule has 66 heavy (non-hydrogen) atoms. The average molecular weight is 852 g/mol. The highest BCUT2D eigenvalue weighted by atomic mass is 16.5. The van der Waals surface area contributed by atoms with Gasteiger partial charge < -0.3 is 9.30 Å². The minimum absolute atomic E-state index is 0.0824. The number of pyridine rings is 1. The van der Waals surface area contributed by atoms with Gasteiger partial charge >= 0.3 is 0 Å². The molecule has 0 bridgehead atoms. The molecule has 5 aliphatic rings. The highest BCUT2D eigenvalue weighted by Gasteiger charge is 2.42. The molecule has 0 radical (unpaired) electrons. The van der Waals surface area contributed by atoms with Crippen molar-refractivity contribution in [2.75, 3.05) is 4.90 Å². The van der Waals surface area contributed by atoms with Crippen LogP contribution in [-0.2, 0) is 9.53 Å². The van der Waals surface area contributed by atoms with Gasteiger partial charge in [0.2, 0.25) is 16.7 Å². The van der Waals surface area contributed by atoms with E-state index in [-0.39, 0.29) is 17.8 Å². The number of aromatic nitrogens is 2. The van der Waals surface area contributed by atoms with Crippen molar-refractivity contribution in [2.45, 2.75) is 38.2 Å². The zero-order chi connectivity index (χ0) is 43.5. The third-order valence-electron chi connectivity index (χ3n) is 14.7. The van der Waals surface area contributed by atoms with E-state index in [4.69, 9.17) is 9.72 Å². The van der Waals surface area contributed by atoms with Gasteiger partial charge in [0.05, 0.1) is 22.6 Å². The Kier molecular flexibility index (Phi) is 8.17. The van der Waals surface area contributed by atoms with E-state index in [1.807, 2.05) is 6.20 Å². The summed E-state index contributed by atoms with van der Waals surface area (Å²) >= 11 is 0. The quantitative estimate of drug-likeness (QED) is 0.166. The van der Waals surface area contributed by atoms with Crippen molar-refractivity contribution < 1.29 is 9.53 Å². The number of carbonyl (C=O) groups excluding carboxylic acids is 1. The van der Waals surface area contributed by atoms with E-state index in [0.717, 1.165) is 131 Å². The number of ether oxygens (including phenoxy) is 1. The standard InChI is InChI=1S/C60H43N4O2/c65-60-44-22-9-14-28-57(44)66-58-36-49-46(33-50(58)60)45-32-39(64-51-24-10-7-20-41(51)42-21-8-11-25-52(42)64)29-30-40(45)47-34-55-56(35-48(47)43-23-15-31-61-59(43)49)63(38-18-5-2-6-19-38)54-27-13-12-26-53(54)62(55)37-16-3-1-4-17-37/h1-8,10-13,15-21,23-27,29-32,34-36,44,57H,9,14,22,28,33H2/q+1. The second-order valence-corrected chi connectivity index (χ2v) is 18.2. The Labute approximate surface area is 381 Å². The molecule has 0 spiro atoms. The van der Waals surface area contributed by atoms with Gasteiger partial charge in [0.1, 0.15) is 23.2 Å². The Morgan fingerprint density at radius 3 is 2.14 bits per heavy atom. The zero-order valence-corrected chi connectivity index (χ0v) is 36.2. The molecule has 7 aromatic carbocycles. The van der Waals surface area contributed by atoms with Crippen LogP contribution in [-0.4, -0.2) is 21.4 Å². The molecule has 6 nitrogen and oxygen atoms in total. The number of anilines is 3. The summed E-state index contributed by atoms with van der Waals surface area (Å²) in [6.45, 7) is 0. The van der Waals surface area contributed by atoms with Gasteiger partial charge in [-0.15, -0.1) is 4.58 Å². The van der Waals surface area contributed by atoms with Gasteiger partial charge in [-0.2, -0.15) is 0 Å². The van der Waals surface area contributed by atoms with Crippen LogP contribution >= 0.6 is 0 Å². The summed E-state index contributed by atoms with van der Waals surface area (Å²) in [5, 5.41) is 6.79. The van der Waals surface area contributed by atoms with Crippen LogP contribution in [0.3, 0.4) is 0 Å².